The minimum absolute atomic E-state index is 0.239. The third-order valence-electron chi connectivity index (χ3n) is 4.71. The van der Waals surface area contributed by atoms with Gasteiger partial charge in [-0.1, -0.05) is 39.8 Å². The minimum atomic E-state index is -0.278. The summed E-state index contributed by atoms with van der Waals surface area (Å²) in [4.78, 5) is 17.1. The highest BCUT2D eigenvalue weighted by Gasteiger charge is 2.12. The maximum absolute atomic E-state index is 13.5. The molecule has 2 aromatic carbocycles. The fourth-order valence-corrected chi connectivity index (χ4v) is 3.38. The van der Waals surface area contributed by atoms with Gasteiger partial charge in [0.25, 0.3) is 0 Å². The van der Waals surface area contributed by atoms with Gasteiger partial charge in [-0.2, -0.15) is 0 Å². The molecule has 30 heavy (non-hydrogen) atoms. The largest absolute Gasteiger partial charge is 0.237 e. The predicted molar refractivity (Wildman–Crippen MR) is 117 cm³/mol. The Labute approximate surface area is 175 Å². The van der Waals surface area contributed by atoms with Gasteiger partial charge in [-0.25, -0.2) is 28.7 Å². The summed E-state index contributed by atoms with van der Waals surface area (Å²) in [5, 5.41) is 1.63. The standard InChI is InChI=1S/2C12H13FN2/c1-7(2)12-10-6-9(13)4-5-11(10)14-8(3)15-12;1-7(2)11-9-5-4-6-10(13)12(9)15-8(3)14-11/h2*4-7H,1-3H3. The van der Waals surface area contributed by atoms with Crippen LogP contribution in [0.2, 0.25) is 0 Å². The number of hydrogen-bond acceptors (Lipinski definition) is 4. The lowest BCUT2D eigenvalue weighted by Crippen LogP contribution is -2.00. The molecule has 2 heterocycles. The molecule has 4 rings (SSSR count). The quantitative estimate of drug-likeness (QED) is 0.385. The highest BCUT2D eigenvalue weighted by atomic mass is 19.1. The molecule has 0 bridgehead atoms. The van der Waals surface area contributed by atoms with E-state index in [0.29, 0.717) is 11.3 Å². The molecule has 0 spiro atoms. The SMILES string of the molecule is Cc1nc(C(C)C)c2cc(F)ccc2n1.Cc1nc(C(C)C)c2cccc(F)c2n1. The number of halogens is 2. The van der Waals surface area contributed by atoms with Crippen molar-refractivity contribution in [3.05, 3.63) is 71.1 Å². The Balaban J connectivity index is 0.000000171. The molecule has 0 N–H and O–H groups in total. The van der Waals surface area contributed by atoms with Crippen LogP contribution in [0.3, 0.4) is 0 Å². The van der Waals surface area contributed by atoms with Crippen molar-refractivity contribution < 1.29 is 8.78 Å². The molecule has 4 nitrogen and oxygen atoms in total. The number of para-hydroxylation sites is 1. The third-order valence-corrected chi connectivity index (χ3v) is 4.71. The molecule has 2 aromatic heterocycles. The van der Waals surface area contributed by atoms with Crippen LogP contribution in [-0.2, 0) is 0 Å². The minimum Gasteiger partial charge on any atom is -0.237 e. The first-order valence-corrected chi connectivity index (χ1v) is 10.0. The molecule has 0 aliphatic rings. The molecule has 0 unspecified atom stereocenters. The van der Waals surface area contributed by atoms with E-state index in [4.69, 9.17) is 0 Å². The van der Waals surface area contributed by atoms with Gasteiger partial charge in [0.1, 0.15) is 28.8 Å². The lowest BCUT2D eigenvalue weighted by atomic mass is 10.0. The van der Waals surface area contributed by atoms with Gasteiger partial charge in [0.15, 0.2) is 0 Å². The van der Waals surface area contributed by atoms with E-state index in [0.717, 1.165) is 33.5 Å². The van der Waals surface area contributed by atoms with Crippen LogP contribution in [-0.4, -0.2) is 19.9 Å². The van der Waals surface area contributed by atoms with Gasteiger partial charge in [-0.05, 0) is 49.9 Å². The first-order valence-electron chi connectivity index (χ1n) is 10.0. The van der Waals surface area contributed by atoms with Crippen LogP contribution in [0.1, 0.15) is 62.6 Å². The van der Waals surface area contributed by atoms with Crippen LogP contribution < -0.4 is 0 Å². The van der Waals surface area contributed by atoms with Gasteiger partial charge < -0.3 is 0 Å². The van der Waals surface area contributed by atoms with E-state index in [-0.39, 0.29) is 23.5 Å². The monoisotopic (exact) mass is 408 g/mol. The molecule has 156 valence electrons. The Morgan fingerprint density at radius 1 is 0.700 bits per heavy atom. The normalized spacial score (nSPS) is 11.3. The van der Waals surface area contributed by atoms with E-state index in [2.05, 4.69) is 19.9 Å². The smallest absolute Gasteiger partial charge is 0.149 e. The number of benzene rings is 2. The summed E-state index contributed by atoms with van der Waals surface area (Å²) in [7, 11) is 0. The first kappa shape index (κ1) is 21.7. The topological polar surface area (TPSA) is 51.6 Å². The lowest BCUT2D eigenvalue weighted by molar-refractivity contribution is 0.629. The average molecular weight is 408 g/mol. The molecule has 0 saturated carbocycles. The third kappa shape index (κ3) is 4.58. The summed E-state index contributed by atoms with van der Waals surface area (Å²) in [6, 6.07) is 9.63. The number of nitrogens with zero attached hydrogens (tertiary/aromatic N) is 4. The summed E-state index contributed by atoms with van der Waals surface area (Å²) >= 11 is 0. The zero-order valence-corrected chi connectivity index (χ0v) is 18.2. The van der Waals surface area contributed by atoms with Crippen molar-refractivity contribution in [1.29, 1.82) is 0 Å². The van der Waals surface area contributed by atoms with Gasteiger partial charge in [0.05, 0.1) is 16.9 Å². The maximum atomic E-state index is 13.5. The lowest BCUT2D eigenvalue weighted by Gasteiger charge is -2.09. The predicted octanol–water partition coefficient (Wildman–Crippen LogP) is 6.40. The second-order valence-electron chi connectivity index (χ2n) is 7.92. The summed E-state index contributed by atoms with van der Waals surface area (Å²) < 4.78 is 26.6. The van der Waals surface area contributed by atoms with Gasteiger partial charge >= 0.3 is 0 Å². The van der Waals surface area contributed by atoms with Crippen LogP contribution in [0.15, 0.2) is 36.4 Å². The van der Waals surface area contributed by atoms with Crippen LogP contribution in [0.25, 0.3) is 21.8 Å². The number of rotatable bonds is 2. The van der Waals surface area contributed by atoms with E-state index >= 15 is 0 Å². The molecule has 4 aromatic rings. The van der Waals surface area contributed by atoms with Gasteiger partial charge in [0.2, 0.25) is 0 Å². The Morgan fingerprint density at radius 2 is 1.30 bits per heavy atom. The average Bonchev–Trinajstić information content (AvgIpc) is 2.68. The van der Waals surface area contributed by atoms with Crippen molar-refractivity contribution in [2.75, 3.05) is 0 Å². The van der Waals surface area contributed by atoms with Crippen molar-refractivity contribution in [2.45, 2.75) is 53.4 Å². The van der Waals surface area contributed by atoms with Crippen LogP contribution in [0.4, 0.5) is 8.78 Å². The van der Waals surface area contributed by atoms with Crippen molar-refractivity contribution >= 4 is 21.8 Å². The maximum Gasteiger partial charge on any atom is 0.149 e. The molecular weight excluding hydrogens is 382 g/mol. The highest BCUT2D eigenvalue weighted by Crippen LogP contribution is 2.24. The zero-order valence-electron chi connectivity index (χ0n) is 18.2. The van der Waals surface area contributed by atoms with Gasteiger partial charge in [0, 0.05) is 10.8 Å². The Morgan fingerprint density at radius 3 is 1.93 bits per heavy atom. The Kier molecular flexibility index (Phi) is 6.34. The van der Waals surface area contributed by atoms with E-state index in [1.165, 1.54) is 18.2 Å². The van der Waals surface area contributed by atoms with Crippen LogP contribution in [0, 0.1) is 25.5 Å². The number of hydrogen-bond donors (Lipinski definition) is 0. The van der Waals surface area contributed by atoms with E-state index in [1.807, 2.05) is 40.7 Å². The van der Waals surface area contributed by atoms with Gasteiger partial charge in [-0.15, -0.1) is 0 Å². The summed E-state index contributed by atoms with van der Waals surface area (Å²) in [5.74, 6) is 1.39. The van der Waals surface area contributed by atoms with Crippen LogP contribution in [0.5, 0.6) is 0 Å². The molecule has 6 heteroatoms. The fourth-order valence-electron chi connectivity index (χ4n) is 3.38. The molecule has 0 radical (unpaired) electrons. The van der Waals surface area contributed by atoms with Crippen LogP contribution >= 0.6 is 0 Å². The Hall–Kier alpha value is -3.02. The van der Waals surface area contributed by atoms with E-state index < -0.39 is 0 Å². The number of aromatic nitrogens is 4. The first-order chi connectivity index (χ1) is 14.2. The molecule has 0 atom stereocenters. The molecular formula is C24H26F2N4. The molecule has 0 amide bonds. The molecule has 0 aliphatic heterocycles. The summed E-state index contributed by atoms with van der Waals surface area (Å²) in [6.45, 7) is 11.8. The van der Waals surface area contributed by atoms with Gasteiger partial charge in [-0.3, -0.25) is 0 Å². The van der Waals surface area contributed by atoms with Crippen molar-refractivity contribution in [3.63, 3.8) is 0 Å². The molecule has 0 fully saturated rings. The molecule has 0 aliphatic carbocycles. The van der Waals surface area contributed by atoms with E-state index in [9.17, 15) is 8.78 Å². The zero-order chi connectivity index (χ0) is 22.0. The summed E-state index contributed by atoms with van der Waals surface area (Å²) in [5.41, 5.74) is 3.07. The summed E-state index contributed by atoms with van der Waals surface area (Å²) in [6.07, 6.45) is 0. The van der Waals surface area contributed by atoms with Crippen molar-refractivity contribution in [2.24, 2.45) is 0 Å². The Bertz CT molecular complexity index is 1180. The second kappa shape index (κ2) is 8.78. The second-order valence-corrected chi connectivity index (χ2v) is 7.92. The van der Waals surface area contributed by atoms with Crippen molar-refractivity contribution in [3.8, 4) is 0 Å². The number of aryl methyl sites for hydroxylation is 2. The fraction of sp³-hybridized carbons (Fsp3) is 0.333. The molecule has 0 saturated heterocycles. The van der Waals surface area contributed by atoms with E-state index in [1.54, 1.807) is 19.1 Å². The number of fused-ring (bicyclic) bond motifs is 2. The highest BCUT2D eigenvalue weighted by molar-refractivity contribution is 5.82. The van der Waals surface area contributed by atoms with Crippen molar-refractivity contribution in [1.82, 2.24) is 19.9 Å².